The third kappa shape index (κ3) is 3.54. The molecular weight excluding hydrogens is 242 g/mol. The molecule has 0 aliphatic carbocycles. The van der Waals surface area contributed by atoms with Crippen molar-refractivity contribution in [2.24, 2.45) is 0 Å². The highest BCUT2D eigenvalue weighted by atomic mass is 16.2. The van der Waals surface area contributed by atoms with Crippen LogP contribution in [0.5, 0.6) is 0 Å². The van der Waals surface area contributed by atoms with Crippen LogP contribution in [0.2, 0.25) is 0 Å². The highest BCUT2D eigenvalue weighted by Crippen LogP contribution is 2.08. The molecule has 0 unspecified atom stereocenters. The summed E-state index contributed by atoms with van der Waals surface area (Å²) in [6.07, 6.45) is 1.89. The minimum Gasteiger partial charge on any atom is -0.355 e. The number of hydrogen-bond donors (Lipinski definition) is 3. The van der Waals surface area contributed by atoms with Gasteiger partial charge in [0.2, 0.25) is 0 Å². The molecule has 1 saturated heterocycles. The Morgan fingerprint density at radius 3 is 2.42 bits per heavy atom. The van der Waals surface area contributed by atoms with E-state index in [2.05, 4.69) is 16.0 Å². The van der Waals surface area contributed by atoms with Crippen LogP contribution in [-0.4, -0.2) is 38.0 Å². The fourth-order valence-corrected chi connectivity index (χ4v) is 2.18. The van der Waals surface area contributed by atoms with Crippen LogP contribution in [-0.2, 0) is 0 Å². The van der Waals surface area contributed by atoms with Gasteiger partial charge in [0.05, 0.1) is 0 Å². The average molecular weight is 261 g/mol. The van der Waals surface area contributed by atoms with Crippen LogP contribution in [0.3, 0.4) is 0 Å². The van der Waals surface area contributed by atoms with Crippen LogP contribution in [0.25, 0.3) is 0 Å². The molecular formula is C14H19N3O2. The van der Waals surface area contributed by atoms with Crippen molar-refractivity contribution in [3.05, 3.63) is 35.4 Å². The predicted molar refractivity (Wildman–Crippen MR) is 73.2 cm³/mol. The van der Waals surface area contributed by atoms with Gasteiger partial charge in [-0.15, -0.1) is 0 Å². The van der Waals surface area contributed by atoms with Crippen molar-refractivity contribution >= 4 is 11.8 Å². The molecule has 5 heteroatoms. The Hall–Kier alpha value is -1.88. The Morgan fingerprint density at radius 1 is 1.16 bits per heavy atom. The van der Waals surface area contributed by atoms with Crippen molar-refractivity contribution in [1.29, 1.82) is 0 Å². The lowest BCUT2D eigenvalue weighted by Crippen LogP contribution is -2.42. The maximum Gasteiger partial charge on any atom is 0.251 e. The van der Waals surface area contributed by atoms with Gasteiger partial charge in [0.15, 0.2) is 0 Å². The van der Waals surface area contributed by atoms with Crippen LogP contribution in [0.15, 0.2) is 24.3 Å². The summed E-state index contributed by atoms with van der Waals surface area (Å²) in [5.74, 6) is -0.297. The minimum absolute atomic E-state index is 0.113. The highest BCUT2D eigenvalue weighted by molar-refractivity contribution is 5.99. The van der Waals surface area contributed by atoms with Gasteiger partial charge in [0, 0.05) is 24.2 Å². The highest BCUT2D eigenvalue weighted by Gasteiger charge is 2.16. The van der Waals surface area contributed by atoms with E-state index in [-0.39, 0.29) is 17.9 Å². The number of amides is 2. The van der Waals surface area contributed by atoms with Crippen molar-refractivity contribution in [2.45, 2.75) is 18.9 Å². The fourth-order valence-electron chi connectivity index (χ4n) is 2.18. The molecule has 0 aromatic heterocycles. The number of piperidine rings is 1. The molecule has 0 spiro atoms. The second-order valence-electron chi connectivity index (χ2n) is 4.66. The summed E-state index contributed by atoms with van der Waals surface area (Å²) in [7, 11) is 1.57. The molecule has 1 aromatic carbocycles. The van der Waals surface area contributed by atoms with Crippen LogP contribution in [0.4, 0.5) is 0 Å². The number of benzene rings is 1. The molecule has 2 amide bonds. The van der Waals surface area contributed by atoms with Gasteiger partial charge in [0.25, 0.3) is 11.8 Å². The zero-order valence-electron chi connectivity index (χ0n) is 11.0. The molecule has 0 radical (unpaired) electrons. The zero-order valence-corrected chi connectivity index (χ0v) is 11.0. The van der Waals surface area contributed by atoms with Crippen molar-refractivity contribution in [3.8, 4) is 0 Å². The van der Waals surface area contributed by atoms with Crippen LogP contribution in [0, 0.1) is 0 Å². The van der Waals surface area contributed by atoms with E-state index in [1.165, 1.54) is 0 Å². The molecule has 0 saturated carbocycles. The van der Waals surface area contributed by atoms with Gasteiger partial charge in [-0.1, -0.05) is 6.07 Å². The van der Waals surface area contributed by atoms with Gasteiger partial charge in [-0.3, -0.25) is 9.59 Å². The van der Waals surface area contributed by atoms with E-state index in [0.29, 0.717) is 11.1 Å². The Morgan fingerprint density at radius 2 is 1.79 bits per heavy atom. The standard InChI is InChI=1S/C14H19N3O2/c1-15-13(18)10-3-2-4-11(9-10)14(19)17-12-5-7-16-8-6-12/h2-4,9,12,16H,5-8H2,1H3,(H,15,18)(H,17,19). The van der Waals surface area contributed by atoms with Crippen molar-refractivity contribution in [1.82, 2.24) is 16.0 Å². The first-order valence-corrected chi connectivity index (χ1v) is 6.54. The van der Waals surface area contributed by atoms with Crippen molar-refractivity contribution in [3.63, 3.8) is 0 Å². The summed E-state index contributed by atoms with van der Waals surface area (Å²) >= 11 is 0. The molecule has 1 heterocycles. The zero-order chi connectivity index (χ0) is 13.7. The molecule has 1 aromatic rings. The molecule has 1 aliphatic heterocycles. The second-order valence-corrected chi connectivity index (χ2v) is 4.66. The van der Waals surface area contributed by atoms with Gasteiger partial charge in [-0.2, -0.15) is 0 Å². The molecule has 1 aliphatic rings. The largest absolute Gasteiger partial charge is 0.355 e. The number of carbonyl (C=O) groups is 2. The van der Waals surface area contributed by atoms with Crippen molar-refractivity contribution < 1.29 is 9.59 Å². The lowest BCUT2D eigenvalue weighted by atomic mass is 10.1. The minimum atomic E-state index is -0.184. The molecule has 3 N–H and O–H groups in total. The maximum atomic E-state index is 12.1. The van der Waals surface area contributed by atoms with Gasteiger partial charge < -0.3 is 16.0 Å². The van der Waals surface area contributed by atoms with Crippen LogP contribution < -0.4 is 16.0 Å². The van der Waals surface area contributed by atoms with E-state index < -0.39 is 0 Å². The third-order valence-electron chi connectivity index (χ3n) is 3.29. The predicted octanol–water partition coefficient (Wildman–Crippen LogP) is 0.528. The quantitative estimate of drug-likeness (QED) is 0.743. The van der Waals surface area contributed by atoms with E-state index >= 15 is 0 Å². The Labute approximate surface area is 112 Å². The van der Waals surface area contributed by atoms with Crippen LogP contribution >= 0.6 is 0 Å². The Kier molecular flexibility index (Phi) is 4.52. The lowest BCUT2D eigenvalue weighted by Gasteiger charge is -2.23. The first-order chi connectivity index (χ1) is 9.20. The van der Waals surface area contributed by atoms with Crippen molar-refractivity contribution in [2.75, 3.05) is 20.1 Å². The summed E-state index contributed by atoms with van der Waals surface area (Å²) in [5.41, 5.74) is 1.03. The number of hydrogen-bond acceptors (Lipinski definition) is 3. The third-order valence-corrected chi connectivity index (χ3v) is 3.29. The number of carbonyl (C=O) groups excluding carboxylic acids is 2. The lowest BCUT2D eigenvalue weighted by molar-refractivity contribution is 0.0929. The topological polar surface area (TPSA) is 70.2 Å². The summed E-state index contributed by atoms with van der Waals surface area (Å²) in [6, 6.07) is 6.98. The smallest absolute Gasteiger partial charge is 0.251 e. The van der Waals surface area contributed by atoms with E-state index in [0.717, 1.165) is 25.9 Å². The molecule has 5 nitrogen and oxygen atoms in total. The normalized spacial score (nSPS) is 15.8. The molecule has 0 atom stereocenters. The Bertz CT molecular complexity index is 468. The average Bonchev–Trinajstić information content (AvgIpc) is 2.47. The molecule has 19 heavy (non-hydrogen) atoms. The summed E-state index contributed by atoms with van der Waals surface area (Å²) in [5, 5.41) is 8.81. The molecule has 2 rings (SSSR count). The van der Waals surface area contributed by atoms with E-state index in [9.17, 15) is 9.59 Å². The van der Waals surface area contributed by atoms with Gasteiger partial charge >= 0.3 is 0 Å². The fraction of sp³-hybridized carbons (Fsp3) is 0.429. The summed E-state index contributed by atoms with van der Waals surface area (Å²) < 4.78 is 0. The first kappa shape index (κ1) is 13.5. The Balaban J connectivity index is 2.04. The monoisotopic (exact) mass is 261 g/mol. The number of rotatable bonds is 3. The van der Waals surface area contributed by atoms with Gasteiger partial charge in [0.1, 0.15) is 0 Å². The molecule has 0 bridgehead atoms. The van der Waals surface area contributed by atoms with Crippen LogP contribution in [0.1, 0.15) is 33.6 Å². The maximum absolute atomic E-state index is 12.1. The molecule has 1 fully saturated rings. The second kappa shape index (κ2) is 6.33. The SMILES string of the molecule is CNC(=O)c1cccc(C(=O)NC2CCNCC2)c1. The van der Waals surface area contributed by atoms with E-state index in [4.69, 9.17) is 0 Å². The van der Waals surface area contributed by atoms with E-state index in [1.807, 2.05) is 0 Å². The van der Waals surface area contributed by atoms with Gasteiger partial charge in [-0.25, -0.2) is 0 Å². The summed E-state index contributed by atoms with van der Waals surface area (Å²) in [4.78, 5) is 23.6. The molecule has 102 valence electrons. The first-order valence-electron chi connectivity index (χ1n) is 6.54. The number of nitrogens with one attached hydrogen (secondary N) is 3. The summed E-state index contributed by atoms with van der Waals surface area (Å²) in [6.45, 7) is 1.87. The van der Waals surface area contributed by atoms with E-state index in [1.54, 1.807) is 31.3 Å². The van der Waals surface area contributed by atoms with Gasteiger partial charge in [-0.05, 0) is 44.1 Å².